The highest BCUT2D eigenvalue weighted by Gasteiger charge is 2.30. The van der Waals surface area contributed by atoms with E-state index in [1.165, 1.54) is 43.2 Å². The Balaban J connectivity index is 1.79. The van der Waals surface area contributed by atoms with Crippen LogP contribution in [0.2, 0.25) is 0 Å². The van der Waals surface area contributed by atoms with Gasteiger partial charge in [0.05, 0.1) is 5.52 Å². The molecule has 0 atom stereocenters. The first-order chi connectivity index (χ1) is 9.83. The van der Waals surface area contributed by atoms with Gasteiger partial charge in [-0.05, 0) is 36.9 Å². The summed E-state index contributed by atoms with van der Waals surface area (Å²) in [4.78, 5) is 4.41. The molecule has 2 aromatic rings. The van der Waals surface area contributed by atoms with Crippen molar-refractivity contribution in [3.8, 4) is 0 Å². The van der Waals surface area contributed by atoms with Crippen molar-refractivity contribution in [1.29, 1.82) is 0 Å². The number of anilines is 1. The third-order valence-electron chi connectivity index (χ3n) is 4.65. The van der Waals surface area contributed by atoms with E-state index in [0.29, 0.717) is 0 Å². The fourth-order valence-electron chi connectivity index (χ4n) is 3.29. The van der Waals surface area contributed by atoms with Gasteiger partial charge in [0.15, 0.2) is 0 Å². The molecule has 106 valence electrons. The Labute approximate surface area is 120 Å². The van der Waals surface area contributed by atoms with Crippen LogP contribution in [0.5, 0.6) is 0 Å². The van der Waals surface area contributed by atoms with Crippen molar-refractivity contribution < 1.29 is 0 Å². The Morgan fingerprint density at radius 3 is 2.70 bits per heavy atom. The maximum absolute atomic E-state index is 6.06. The normalized spacial score (nSPS) is 18.1. The molecule has 1 aliphatic carbocycles. The number of para-hydroxylation sites is 1. The molecule has 0 spiro atoms. The highest BCUT2D eigenvalue weighted by molar-refractivity contribution is 5.90. The second kappa shape index (κ2) is 5.80. The Morgan fingerprint density at radius 1 is 1.10 bits per heavy atom. The van der Waals surface area contributed by atoms with Gasteiger partial charge in [-0.1, -0.05) is 37.5 Å². The number of hydrogen-bond donors (Lipinski definition) is 2. The lowest BCUT2D eigenvalue weighted by atomic mass is 9.74. The Hall–Kier alpha value is -1.61. The molecule has 0 aliphatic heterocycles. The zero-order chi connectivity index (χ0) is 13.8. The summed E-state index contributed by atoms with van der Waals surface area (Å²) in [5.41, 5.74) is 8.56. The smallest absolute Gasteiger partial charge is 0.0722 e. The topological polar surface area (TPSA) is 50.9 Å². The number of nitrogens with one attached hydrogen (secondary N) is 1. The lowest BCUT2D eigenvalue weighted by Crippen LogP contribution is -2.39. The average Bonchev–Trinajstić information content (AvgIpc) is 2.54. The summed E-state index contributed by atoms with van der Waals surface area (Å²) in [6.45, 7) is 1.75. The van der Waals surface area contributed by atoms with E-state index in [-0.39, 0.29) is 5.41 Å². The molecule has 1 aromatic heterocycles. The van der Waals surface area contributed by atoms with Gasteiger partial charge in [-0.2, -0.15) is 0 Å². The van der Waals surface area contributed by atoms with Crippen LogP contribution in [0.3, 0.4) is 0 Å². The Bertz CT molecular complexity index is 568. The van der Waals surface area contributed by atoms with Crippen LogP contribution in [0.1, 0.15) is 32.1 Å². The zero-order valence-electron chi connectivity index (χ0n) is 11.9. The largest absolute Gasteiger partial charge is 0.384 e. The first-order valence-electron chi connectivity index (χ1n) is 7.61. The fraction of sp³-hybridized carbons (Fsp3) is 0.471. The van der Waals surface area contributed by atoms with Crippen LogP contribution in [-0.4, -0.2) is 18.1 Å². The third-order valence-corrected chi connectivity index (χ3v) is 4.65. The van der Waals surface area contributed by atoms with Crippen LogP contribution in [0, 0.1) is 5.41 Å². The van der Waals surface area contributed by atoms with E-state index < -0.39 is 0 Å². The molecular weight excluding hydrogens is 246 g/mol. The van der Waals surface area contributed by atoms with Crippen molar-refractivity contribution in [3.05, 3.63) is 36.5 Å². The first-order valence-corrected chi connectivity index (χ1v) is 7.61. The van der Waals surface area contributed by atoms with Gasteiger partial charge in [-0.25, -0.2) is 0 Å². The molecule has 1 saturated carbocycles. The van der Waals surface area contributed by atoms with E-state index >= 15 is 0 Å². The minimum Gasteiger partial charge on any atom is -0.384 e. The number of fused-ring (bicyclic) bond motifs is 1. The highest BCUT2D eigenvalue weighted by atomic mass is 14.9. The number of aromatic nitrogens is 1. The van der Waals surface area contributed by atoms with Gasteiger partial charge in [0.25, 0.3) is 0 Å². The SMILES string of the molecule is NCC1(CNc2ccnc3ccccc23)CCCCC1. The summed E-state index contributed by atoms with van der Waals surface area (Å²) < 4.78 is 0. The van der Waals surface area contributed by atoms with E-state index in [9.17, 15) is 0 Å². The van der Waals surface area contributed by atoms with Crippen molar-refractivity contribution >= 4 is 16.6 Å². The predicted molar refractivity (Wildman–Crippen MR) is 84.8 cm³/mol. The number of nitrogens with two attached hydrogens (primary N) is 1. The molecule has 0 saturated heterocycles. The molecule has 3 N–H and O–H groups in total. The van der Waals surface area contributed by atoms with E-state index in [0.717, 1.165) is 18.6 Å². The van der Waals surface area contributed by atoms with Gasteiger partial charge in [-0.3, -0.25) is 4.98 Å². The number of hydrogen-bond acceptors (Lipinski definition) is 3. The van der Waals surface area contributed by atoms with E-state index in [4.69, 9.17) is 5.73 Å². The van der Waals surface area contributed by atoms with Crippen molar-refractivity contribution in [2.45, 2.75) is 32.1 Å². The fourth-order valence-corrected chi connectivity index (χ4v) is 3.29. The second-order valence-corrected chi connectivity index (χ2v) is 5.99. The van der Waals surface area contributed by atoms with Crippen LogP contribution in [0.25, 0.3) is 10.9 Å². The Morgan fingerprint density at radius 2 is 1.90 bits per heavy atom. The van der Waals surface area contributed by atoms with Gasteiger partial charge in [0.1, 0.15) is 0 Å². The van der Waals surface area contributed by atoms with Crippen LogP contribution >= 0.6 is 0 Å². The molecule has 0 bridgehead atoms. The maximum Gasteiger partial charge on any atom is 0.0722 e. The van der Waals surface area contributed by atoms with Gasteiger partial charge in [0, 0.05) is 23.8 Å². The molecule has 1 heterocycles. The standard InChI is InChI=1S/C17H23N3/c18-12-17(9-4-1-5-10-17)13-20-16-8-11-19-15-7-3-2-6-14(15)16/h2-3,6-8,11H,1,4-5,9-10,12-13,18H2,(H,19,20). The lowest BCUT2D eigenvalue weighted by Gasteiger charge is -2.36. The summed E-state index contributed by atoms with van der Waals surface area (Å²) >= 11 is 0. The molecule has 1 fully saturated rings. The quantitative estimate of drug-likeness (QED) is 0.892. The van der Waals surface area contributed by atoms with Gasteiger partial charge >= 0.3 is 0 Å². The van der Waals surface area contributed by atoms with Crippen LogP contribution in [0.15, 0.2) is 36.5 Å². The maximum atomic E-state index is 6.06. The predicted octanol–water partition coefficient (Wildman–Crippen LogP) is 3.56. The average molecular weight is 269 g/mol. The molecule has 0 amide bonds. The summed E-state index contributed by atoms with van der Waals surface area (Å²) in [5.74, 6) is 0. The lowest BCUT2D eigenvalue weighted by molar-refractivity contribution is 0.215. The summed E-state index contributed by atoms with van der Waals surface area (Å²) in [6, 6.07) is 10.3. The molecule has 20 heavy (non-hydrogen) atoms. The minimum atomic E-state index is 0.280. The molecule has 3 heteroatoms. The zero-order valence-corrected chi connectivity index (χ0v) is 11.9. The molecular formula is C17H23N3. The van der Waals surface area contributed by atoms with Crippen molar-refractivity contribution in [2.24, 2.45) is 11.1 Å². The van der Waals surface area contributed by atoms with Crippen molar-refractivity contribution in [3.63, 3.8) is 0 Å². The van der Waals surface area contributed by atoms with Gasteiger partial charge < -0.3 is 11.1 Å². The molecule has 3 nitrogen and oxygen atoms in total. The Kier molecular flexibility index (Phi) is 3.88. The van der Waals surface area contributed by atoms with Gasteiger partial charge in [0.2, 0.25) is 0 Å². The summed E-state index contributed by atoms with van der Waals surface area (Å²) in [6.07, 6.45) is 8.37. The number of rotatable bonds is 4. The summed E-state index contributed by atoms with van der Waals surface area (Å²) in [7, 11) is 0. The molecule has 3 rings (SSSR count). The second-order valence-electron chi connectivity index (χ2n) is 5.99. The highest BCUT2D eigenvalue weighted by Crippen LogP contribution is 2.36. The van der Waals surface area contributed by atoms with Crippen molar-refractivity contribution in [2.75, 3.05) is 18.4 Å². The molecule has 0 radical (unpaired) electrons. The van der Waals surface area contributed by atoms with Gasteiger partial charge in [-0.15, -0.1) is 0 Å². The molecule has 0 unspecified atom stereocenters. The van der Waals surface area contributed by atoms with E-state index in [2.05, 4.69) is 34.6 Å². The van der Waals surface area contributed by atoms with E-state index in [1.807, 2.05) is 12.3 Å². The van der Waals surface area contributed by atoms with E-state index in [1.54, 1.807) is 0 Å². The first kappa shape index (κ1) is 13.4. The van der Waals surface area contributed by atoms with Crippen LogP contribution in [0.4, 0.5) is 5.69 Å². The minimum absolute atomic E-state index is 0.280. The number of nitrogens with zero attached hydrogens (tertiary/aromatic N) is 1. The number of benzene rings is 1. The number of pyridine rings is 1. The molecule has 1 aliphatic rings. The molecule has 1 aromatic carbocycles. The van der Waals surface area contributed by atoms with Crippen LogP contribution in [-0.2, 0) is 0 Å². The third kappa shape index (κ3) is 2.63. The van der Waals surface area contributed by atoms with Crippen molar-refractivity contribution in [1.82, 2.24) is 4.98 Å². The summed E-state index contributed by atoms with van der Waals surface area (Å²) in [5, 5.41) is 4.82. The van der Waals surface area contributed by atoms with Crippen LogP contribution < -0.4 is 11.1 Å². The monoisotopic (exact) mass is 269 g/mol.